The van der Waals surface area contributed by atoms with Gasteiger partial charge in [-0.2, -0.15) is 5.26 Å². The van der Waals surface area contributed by atoms with E-state index in [0.29, 0.717) is 29.7 Å². The molecule has 2 N–H and O–H groups in total. The first-order valence-electron chi connectivity index (χ1n) is 12.0. The zero-order chi connectivity index (χ0) is 24.7. The van der Waals surface area contributed by atoms with Gasteiger partial charge in [-0.15, -0.1) is 5.10 Å². The van der Waals surface area contributed by atoms with E-state index in [0.717, 1.165) is 36.4 Å². The Labute approximate surface area is 202 Å². The molecule has 4 heterocycles. The van der Waals surface area contributed by atoms with E-state index in [1.807, 2.05) is 37.8 Å². The number of piperidine rings is 1. The number of anilines is 1. The molecule has 2 unspecified atom stereocenters. The lowest BCUT2D eigenvalue weighted by molar-refractivity contribution is 0.0128. The van der Waals surface area contributed by atoms with Crippen molar-refractivity contribution in [2.75, 3.05) is 18.4 Å². The van der Waals surface area contributed by atoms with Crippen LogP contribution in [0.15, 0.2) is 34.2 Å². The van der Waals surface area contributed by atoms with E-state index in [1.165, 1.54) is 4.52 Å². The van der Waals surface area contributed by atoms with Crippen molar-refractivity contribution in [3.8, 4) is 17.3 Å². The van der Waals surface area contributed by atoms with Crippen molar-refractivity contribution < 1.29 is 4.39 Å². The normalized spacial score (nSPS) is 21.8. The predicted molar refractivity (Wildman–Crippen MR) is 133 cm³/mol. The Morgan fingerprint density at radius 1 is 1.34 bits per heavy atom. The third-order valence-corrected chi connectivity index (χ3v) is 7.06. The maximum Gasteiger partial charge on any atom is 0.277 e. The second kappa shape index (κ2) is 8.89. The lowest BCUT2D eigenvalue weighted by Crippen LogP contribution is -2.60. The number of aromatic nitrogens is 4. The van der Waals surface area contributed by atoms with Crippen molar-refractivity contribution in [3.05, 3.63) is 40.4 Å². The molecule has 0 radical (unpaired) electrons. The molecule has 2 atom stereocenters. The highest BCUT2D eigenvalue weighted by atomic mass is 19.1. The van der Waals surface area contributed by atoms with E-state index in [-0.39, 0.29) is 18.1 Å². The van der Waals surface area contributed by atoms with Gasteiger partial charge in [0.15, 0.2) is 0 Å². The third kappa shape index (κ3) is 4.21. The van der Waals surface area contributed by atoms with Crippen molar-refractivity contribution in [3.63, 3.8) is 0 Å². The summed E-state index contributed by atoms with van der Waals surface area (Å²) in [6.45, 7) is 6.58. The van der Waals surface area contributed by atoms with Crippen LogP contribution in [0.1, 0.15) is 45.2 Å². The van der Waals surface area contributed by atoms with Crippen LogP contribution >= 0.6 is 0 Å². The number of aliphatic imine (C=N–C) groups is 1. The highest BCUT2D eigenvalue weighted by Crippen LogP contribution is 2.39. The number of aryl methyl sites for hydroxylation is 1. The highest BCUT2D eigenvalue weighted by Gasteiger charge is 2.46. The molecule has 3 aromatic heterocycles. The van der Waals surface area contributed by atoms with Crippen LogP contribution in [0.4, 0.5) is 16.0 Å². The van der Waals surface area contributed by atoms with Gasteiger partial charge in [-0.05, 0) is 64.7 Å². The van der Waals surface area contributed by atoms with Gasteiger partial charge < -0.3 is 5.32 Å². The first-order valence-corrected chi connectivity index (χ1v) is 12.0. The van der Waals surface area contributed by atoms with E-state index < -0.39 is 17.8 Å². The van der Waals surface area contributed by atoms with Gasteiger partial charge >= 0.3 is 0 Å². The summed E-state index contributed by atoms with van der Waals surface area (Å²) < 4.78 is 16.5. The van der Waals surface area contributed by atoms with Crippen molar-refractivity contribution >= 4 is 22.9 Å². The summed E-state index contributed by atoms with van der Waals surface area (Å²) in [5, 5.41) is 17.1. The monoisotopic (exact) mass is 476 g/mol. The maximum atomic E-state index is 15.0. The molecule has 0 spiro atoms. The number of fused-ring (bicyclic) bond motifs is 1. The molecule has 1 aliphatic carbocycles. The summed E-state index contributed by atoms with van der Waals surface area (Å²) in [7, 11) is 0. The molecular formula is C25H29FN8O. The first kappa shape index (κ1) is 23.2. The van der Waals surface area contributed by atoms with Crippen molar-refractivity contribution in [1.29, 1.82) is 5.26 Å². The summed E-state index contributed by atoms with van der Waals surface area (Å²) in [5.41, 5.74) is 3.35. The Bertz CT molecular complexity index is 1390. The summed E-state index contributed by atoms with van der Waals surface area (Å²) >= 11 is 0. The number of hydrogen-bond acceptors (Lipinski definition) is 7. The van der Waals surface area contributed by atoms with Crippen LogP contribution in [0.3, 0.4) is 0 Å². The number of aromatic amines is 1. The van der Waals surface area contributed by atoms with Crippen LogP contribution < -0.4 is 10.9 Å². The number of nitrogens with one attached hydrogen (secondary N) is 2. The second-order valence-electron chi connectivity index (χ2n) is 9.68. The fourth-order valence-electron chi connectivity index (χ4n) is 5.01. The minimum atomic E-state index is -1.17. The van der Waals surface area contributed by atoms with Gasteiger partial charge in [-0.1, -0.05) is 0 Å². The average molecular weight is 477 g/mol. The number of hydrogen-bond donors (Lipinski definition) is 2. The molecule has 182 valence electrons. The number of nitriles is 1. The molecule has 0 bridgehead atoms. The Morgan fingerprint density at radius 3 is 2.77 bits per heavy atom. The molecule has 2 aliphatic rings. The van der Waals surface area contributed by atoms with Gasteiger partial charge in [0.05, 0.1) is 29.2 Å². The summed E-state index contributed by atoms with van der Waals surface area (Å²) in [6.07, 6.45) is 3.68. The van der Waals surface area contributed by atoms with E-state index in [9.17, 15) is 10.1 Å². The zero-order valence-electron chi connectivity index (χ0n) is 20.2. The lowest BCUT2D eigenvalue weighted by atomic mass is 9.75. The Morgan fingerprint density at radius 2 is 2.14 bits per heavy atom. The number of alkyl halides is 1. The summed E-state index contributed by atoms with van der Waals surface area (Å²) in [6, 6.07) is 7.43. The van der Waals surface area contributed by atoms with Gasteiger partial charge in [0, 0.05) is 30.6 Å². The number of rotatable bonds is 5. The van der Waals surface area contributed by atoms with Crippen molar-refractivity contribution in [2.45, 2.75) is 64.2 Å². The Kier molecular flexibility index (Phi) is 5.89. The van der Waals surface area contributed by atoms with Gasteiger partial charge in [0.25, 0.3) is 5.56 Å². The molecule has 1 aliphatic heterocycles. The molecule has 10 heteroatoms. The lowest BCUT2D eigenvalue weighted by Gasteiger charge is -2.48. The van der Waals surface area contributed by atoms with Crippen molar-refractivity contribution in [1.82, 2.24) is 24.5 Å². The molecule has 5 rings (SSSR count). The standard InChI is InChI=1S/C25H29FN8O/c1-15(2)28-19-5-6-20(29-16(19)3)17-7-12-34-22(17)23(35)31-24(32-34)30-21-8-11-33(13-18(21)26)25(14-27)9-4-10-25/h5-7,12,18,21H,4,8-11,13H2,1-3H3,(H2,30,31,32,35). The molecule has 35 heavy (non-hydrogen) atoms. The van der Waals surface area contributed by atoms with E-state index in [4.69, 9.17) is 0 Å². The topological polar surface area (TPSA) is 114 Å². The predicted octanol–water partition coefficient (Wildman–Crippen LogP) is 3.78. The maximum absolute atomic E-state index is 15.0. The van der Waals surface area contributed by atoms with Gasteiger partial charge in [-0.3, -0.25) is 24.7 Å². The number of pyridine rings is 1. The van der Waals surface area contributed by atoms with Crippen LogP contribution in [-0.4, -0.2) is 61.0 Å². The molecule has 0 aromatic carbocycles. The minimum Gasteiger partial charge on any atom is -0.349 e. The smallest absolute Gasteiger partial charge is 0.277 e. The molecule has 1 saturated heterocycles. The minimum absolute atomic E-state index is 0.202. The first-order chi connectivity index (χ1) is 16.8. The fraction of sp³-hybridized carbons (Fsp3) is 0.480. The van der Waals surface area contributed by atoms with Crippen molar-refractivity contribution in [2.24, 2.45) is 4.99 Å². The van der Waals surface area contributed by atoms with Crippen LogP contribution in [0, 0.1) is 18.3 Å². The average Bonchev–Trinajstić information content (AvgIpc) is 3.21. The zero-order valence-corrected chi connectivity index (χ0v) is 20.2. The van der Waals surface area contributed by atoms with Crippen LogP contribution in [0.2, 0.25) is 0 Å². The number of likely N-dealkylation sites (tertiary alicyclic amines) is 1. The molecule has 0 amide bonds. The molecule has 2 fully saturated rings. The molecule has 1 saturated carbocycles. The van der Waals surface area contributed by atoms with Gasteiger partial charge in [0.1, 0.15) is 17.2 Å². The number of halogens is 1. The third-order valence-electron chi connectivity index (χ3n) is 7.06. The second-order valence-corrected chi connectivity index (χ2v) is 9.68. The summed E-state index contributed by atoms with van der Waals surface area (Å²) in [5.74, 6) is 0.219. The van der Waals surface area contributed by atoms with E-state index in [1.54, 1.807) is 12.3 Å². The van der Waals surface area contributed by atoms with Crippen LogP contribution in [0.5, 0.6) is 0 Å². The van der Waals surface area contributed by atoms with Gasteiger partial charge in [0.2, 0.25) is 5.95 Å². The number of nitrogens with zero attached hydrogens (tertiary/aromatic N) is 6. The SMILES string of the molecule is CC(C)=Nc1ccc(-c2ccn3nc(NC4CCN(C5(C#N)CCC5)CC4F)[nH]c(=O)c23)nc1C. The van der Waals surface area contributed by atoms with Gasteiger partial charge in [-0.25, -0.2) is 8.91 Å². The Balaban J connectivity index is 1.36. The fourth-order valence-corrected chi connectivity index (χ4v) is 5.01. The van der Waals surface area contributed by atoms with Crippen LogP contribution in [0.25, 0.3) is 16.8 Å². The molecule has 9 nitrogen and oxygen atoms in total. The largest absolute Gasteiger partial charge is 0.349 e. The quantitative estimate of drug-likeness (QED) is 0.542. The highest BCUT2D eigenvalue weighted by molar-refractivity contribution is 5.83. The molecular weight excluding hydrogens is 447 g/mol. The number of H-pyrrole nitrogens is 1. The molecule has 3 aromatic rings. The summed E-state index contributed by atoms with van der Waals surface area (Å²) in [4.78, 5) is 26.9. The van der Waals surface area contributed by atoms with E-state index >= 15 is 4.39 Å². The Hall–Kier alpha value is -3.58. The van der Waals surface area contributed by atoms with Crippen LogP contribution in [-0.2, 0) is 0 Å². The van der Waals surface area contributed by atoms with E-state index in [2.05, 4.69) is 31.4 Å².